The van der Waals surface area contributed by atoms with Crippen molar-refractivity contribution < 1.29 is 9.53 Å². The smallest absolute Gasteiger partial charge is 0.252 e. The topological polar surface area (TPSA) is 38.3 Å². The summed E-state index contributed by atoms with van der Waals surface area (Å²) >= 11 is 1.58. The molecular formula is C15H17NO2S. The number of carbonyl (C=O) groups is 1. The Balaban J connectivity index is 2.03. The molecule has 0 fully saturated rings. The molecule has 3 nitrogen and oxygen atoms in total. The Morgan fingerprint density at radius 3 is 2.53 bits per heavy atom. The van der Waals surface area contributed by atoms with Gasteiger partial charge in [0.25, 0.3) is 5.91 Å². The predicted octanol–water partition coefficient (Wildman–Crippen LogP) is 3.56. The Kier molecular flexibility index (Phi) is 4.22. The van der Waals surface area contributed by atoms with Crippen molar-refractivity contribution in [2.24, 2.45) is 0 Å². The van der Waals surface area contributed by atoms with Gasteiger partial charge < -0.3 is 10.1 Å². The number of hydrogen-bond donors (Lipinski definition) is 1. The minimum atomic E-state index is -0.0346. The quantitative estimate of drug-likeness (QED) is 0.926. The lowest BCUT2D eigenvalue weighted by molar-refractivity contribution is 0.0940. The third-order valence-corrected chi connectivity index (χ3v) is 3.82. The molecule has 0 aliphatic rings. The molecule has 1 aromatic carbocycles. The fraction of sp³-hybridized carbons (Fsp3) is 0.267. The molecule has 1 N–H and O–H groups in total. The Bertz CT molecular complexity index is 560. The summed E-state index contributed by atoms with van der Waals surface area (Å²) in [6.07, 6.45) is 0. The minimum Gasteiger partial charge on any atom is -0.497 e. The van der Waals surface area contributed by atoms with Crippen molar-refractivity contribution in [3.8, 4) is 5.75 Å². The summed E-state index contributed by atoms with van der Waals surface area (Å²) in [6, 6.07) is 9.59. The third-order valence-electron chi connectivity index (χ3n) is 2.96. The van der Waals surface area contributed by atoms with Crippen molar-refractivity contribution in [2.75, 3.05) is 7.11 Å². The summed E-state index contributed by atoms with van der Waals surface area (Å²) in [6.45, 7) is 3.97. The Morgan fingerprint density at radius 1 is 1.32 bits per heavy atom. The van der Waals surface area contributed by atoms with E-state index >= 15 is 0 Å². The van der Waals surface area contributed by atoms with Gasteiger partial charge in [-0.2, -0.15) is 0 Å². The maximum Gasteiger partial charge on any atom is 0.252 e. The second-order valence-electron chi connectivity index (χ2n) is 4.41. The number of thiophene rings is 1. The first-order valence-electron chi connectivity index (χ1n) is 6.10. The molecule has 0 spiro atoms. The molecule has 1 atom stereocenters. The van der Waals surface area contributed by atoms with E-state index in [9.17, 15) is 4.79 Å². The van der Waals surface area contributed by atoms with Crippen molar-refractivity contribution in [3.05, 3.63) is 51.7 Å². The fourth-order valence-corrected chi connectivity index (χ4v) is 2.50. The van der Waals surface area contributed by atoms with Crippen LogP contribution in [0.25, 0.3) is 0 Å². The van der Waals surface area contributed by atoms with Crippen LogP contribution in [0, 0.1) is 6.92 Å². The normalized spacial score (nSPS) is 11.9. The lowest BCUT2D eigenvalue weighted by Crippen LogP contribution is -2.26. The van der Waals surface area contributed by atoms with Crippen molar-refractivity contribution in [1.82, 2.24) is 5.32 Å². The standard InChI is InChI=1S/C15H17NO2S/c1-10-8-13(9-19-10)15(17)16-11(2)12-4-6-14(18-3)7-5-12/h4-9,11H,1-3H3,(H,16,17)/t11-/m1/s1. The van der Waals surface area contributed by atoms with E-state index in [0.717, 1.165) is 21.8 Å². The van der Waals surface area contributed by atoms with Crippen LogP contribution in [0.1, 0.15) is 33.8 Å². The highest BCUT2D eigenvalue weighted by atomic mass is 32.1. The van der Waals surface area contributed by atoms with E-state index in [1.54, 1.807) is 18.4 Å². The van der Waals surface area contributed by atoms with E-state index in [0.29, 0.717) is 0 Å². The molecule has 0 aliphatic carbocycles. The summed E-state index contributed by atoms with van der Waals surface area (Å²) in [5.41, 5.74) is 1.78. The first-order chi connectivity index (χ1) is 9.10. The molecule has 0 aliphatic heterocycles. The Labute approximate surface area is 117 Å². The van der Waals surface area contributed by atoms with Gasteiger partial charge in [-0.15, -0.1) is 11.3 Å². The van der Waals surface area contributed by atoms with Gasteiger partial charge in [-0.25, -0.2) is 0 Å². The number of rotatable bonds is 4. The van der Waals surface area contributed by atoms with Gasteiger partial charge in [0, 0.05) is 10.3 Å². The van der Waals surface area contributed by atoms with Gasteiger partial charge in [-0.05, 0) is 37.6 Å². The second-order valence-corrected chi connectivity index (χ2v) is 5.53. The van der Waals surface area contributed by atoms with Gasteiger partial charge in [0.05, 0.1) is 18.7 Å². The van der Waals surface area contributed by atoms with Crippen LogP contribution in [0.2, 0.25) is 0 Å². The molecule has 0 unspecified atom stereocenters. The SMILES string of the molecule is COc1ccc([C@@H](C)NC(=O)c2csc(C)c2)cc1. The number of amides is 1. The highest BCUT2D eigenvalue weighted by molar-refractivity contribution is 7.10. The van der Waals surface area contributed by atoms with Crippen molar-refractivity contribution in [3.63, 3.8) is 0 Å². The van der Waals surface area contributed by atoms with Crippen LogP contribution in [0.3, 0.4) is 0 Å². The fourth-order valence-electron chi connectivity index (χ4n) is 1.82. The molecule has 2 rings (SSSR count). The van der Waals surface area contributed by atoms with Crippen molar-refractivity contribution in [2.45, 2.75) is 19.9 Å². The predicted molar refractivity (Wildman–Crippen MR) is 77.9 cm³/mol. The molecule has 0 bridgehead atoms. The lowest BCUT2D eigenvalue weighted by Gasteiger charge is -2.14. The Hall–Kier alpha value is -1.81. The van der Waals surface area contributed by atoms with E-state index < -0.39 is 0 Å². The Morgan fingerprint density at radius 2 is 2.00 bits per heavy atom. The van der Waals surface area contributed by atoms with Gasteiger partial charge in [0.1, 0.15) is 5.75 Å². The van der Waals surface area contributed by atoms with Crippen LogP contribution in [-0.2, 0) is 0 Å². The van der Waals surface area contributed by atoms with Gasteiger partial charge in [0.2, 0.25) is 0 Å². The van der Waals surface area contributed by atoms with Crippen molar-refractivity contribution >= 4 is 17.2 Å². The summed E-state index contributed by atoms with van der Waals surface area (Å²) in [4.78, 5) is 13.2. The molecule has 1 amide bonds. The van der Waals surface area contributed by atoms with Gasteiger partial charge in [0.15, 0.2) is 0 Å². The molecule has 19 heavy (non-hydrogen) atoms. The average molecular weight is 275 g/mol. The monoisotopic (exact) mass is 275 g/mol. The van der Waals surface area contributed by atoms with Crippen LogP contribution in [0.4, 0.5) is 0 Å². The van der Waals surface area contributed by atoms with E-state index in [-0.39, 0.29) is 11.9 Å². The maximum atomic E-state index is 12.0. The molecule has 0 saturated heterocycles. The highest BCUT2D eigenvalue weighted by Crippen LogP contribution is 2.19. The molecule has 0 radical (unpaired) electrons. The molecule has 1 heterocycles. The summed E-state index contributed by atoms with van der Waals surface area (Å²) in [5.74, 6) is 0.781. The second kappa shape index (κ2) is 5.89. The van der Waals surface area contributed by atoms with Crippen LogP contribution < -0.4 is 10.1 Å². The van der Waals surface area contributed by atoms with Gasteiger partial charge in [-0.1, -0.05) is 12.1 Å². The first kappa shape index (κ1) is 13.6. The molecule has 1 aromatic heterocycles. The van der Waals surface area contributed by atoms with Gasteiger partial charge in [-0.3, -0.25) is 4.79 Å². The molecule has 0 saturated carbocycles. The van der Waals surface area contributed by atoms with Crippen LogP contribution in [0.5, 0.6) is 5.75 Å². The number of nitrogens with one attached hydrogen (secondary N) is 1. The summed E-state index contributed by atoms with van der Waals surface area (Å²) in [7, 11) is 1.64. The number of hydrogen-bond acceptors (Lipinski definition) is 3. The average Bonchev–Trinajstić information content (AvgIpc) is 2.85. The van der Waals surface area contributed by atoms with Crippen LogP contribution in [-0.4, -0.2) is 13.0 Å². The summed E-state index contributed by atoms with van der Waals surface area (Å²) < 4.78 is 5.12. The van der Waals surface area contributed by atoms with Gasteiger partial charge >= 0.3 is 0 Å². The number of benzene rings is 1. The van der Waals surface area contributed by atoms with E-state index in [4.69, 9.17) is 4.74 Å². The zero-order valence-corrected chi connectivity index (χ0v) is 12.1. The highest BCUT2D eigenvalue weighted by Gasteiger charge is 2.12. The van der Waals surface area contributed by atoms with Crippen LogP contribution in [0.15, 0.2) is 35.7 Å². The number of ether oxygens (including phenoxy) is 1. The number of methoxy groups -OCH3 is 1. The first-order valence-corrected chi connectivity index (χ1v) is 6.98. The molecule has 100 valence electrons. The van der Waals surface area contributed by atoms with Crippen molar-refractivity contribution in [1.29, 1.82) is 0 Å². The summed E-state index contributed by atoms with van der Waals surface area (Å²) in [5, 5.41) is 4.87. The molecule has 4 heteroatoms. The zero-order chi connectivity index (χ0) is 13.8. The molecular weight excluding hydrogens is 258 g/mol. The lowest BCUT2D eigenvalue weighted by atomic mass is 10.1. The van der Waals surface area contributed by atoms with Crippen LogP contribution >= 0.6 is 11.3 Å². The molecule has 2 aromatic rings. The van der Waals surface area contributed by atoms with E-state index in [2.05, 4.69) is 5.32 Å². The third kappa shape index (κ3) is 3.35. The number of aryl methyl sites for hydroxylation is 1. The zero-order valence-electron chi connectivity index (χ0n) is 11.3. The van der Waals surface area contributed by atoms with E-state index in [1.807, 2.05) is 49.6 Å². The number of carbonyl (C=O) groups excluding carboxylic acids is 1. The minimum absolute atomic E-state index is 0.0291. The largest absolute Gasteiger partial charge is 0.497 e. The maximum absolute atomic E-state index is 12.0. The van der Waals surface area contributed by atoms with E-state index in [1.165, 1.54) is 0 Å².